The van der Waals surface area contributed by atoms with Gasteiger partial charge in [0.1, 0.15) is 0 Å². The van der Waals surface area contributed by atoms with E-state index in [0.717, 1.165) is 17.1 Å². The molecule has 1 heterocycles. The summed E-state index contributed by atoms with van der Waals surface area (Å²) in [5.74, 6) is 0. The number of nitrogens with zero attached hydrogens (tertiary/aromatic N) is 1. The smallest absolute Gasteiger partial charge is 0.175 e. The normalized spacial score (nSPS) is 11.4. The minimum atomic E-state index is -3.13. The highest BCUT2D eigenvalue weighted by Gasteiger charge is 2.06. The molecule has 0 fully saturated rings. The summed E-state index contributed by atoms with van der Waals surface area (Å²) in [7, 11) is -3.13. The average molecular weight is 265 g/mol. The number of aromatic amines is 1. The summed E-state index contributed by atoms with van der Waals surface area (Å²) in [6, 6.07) is 6.68. The Bertz CT molecular complexity index is 630. The van der Waals surface area contributed by atoms with Crippen molar-refractivity contribution in [3.05, 3.63) is 42.0 Å². The lowest BCUT2D eigenvalue weighted by Gasteiger charge is -2.06. The van der Waals surface area contributed by atoms with E-state index >= 15 is 0 Å². The Morgan fingerprint density at radius 2 is 1.94 bits per heavy atom. The first-order valence-corrected chi connectivity index (χ1v) is 7.39. The van der Waals surface area contributed by atoms with Crippen LogP contribution in [0.2, 0.25) is 0 Å². The van der Waals surface area contributed by atoms with E-state index in [0.29, 0.717) is 11.4 Å². The predicted molar refractivity (Wildman–Crippen MR) is 70.2 cm³/mol. The zero-order valence-electron chi connectivity index (χ0n) is 10.3. The van der Waals surface area contributed by atoms with Crippen LogP contribution in [-0.4, -0.2) is 24.6 Å². The second kappa shape index (κ2) is 4.81. The van der Waals surface area contributed by atoms with E-state index < -0.39 is 9.84 Å². The lowest BCUT2D eigenvalue weighted by molar-refractivity contribution is 0.602. The number of rotatable bonds is 4. The van der Waals surface area contributed by atoms with Gasteiger partial charge in [0.2, 0.25) is 0 Å². The molecule has 0 unspecified atom stereocenters. The van der Waals surface area contributed by atoms with Gasteiger partial charge in [-0.2, -0.15) is 0 Å². The number of aryl methyl sites for hydroxylation is 1. The summed E-state index contributed by atoms with van der Waals surface area (Å²) in [4.78, 5) is 7.50. The molecular weight excluding hydrogens is 250 g/mol. The fourth-order valence-electron chi connectivity index (χ4n) is 1.57. The molecule has 0 spiro atoms. The summed E-state index contributed by atoms with van der Waals surface area (Å²) in [5.41, 5.74) is 2.84. The van der Waals surface area contributed by atoms with Crippen molar-refractivity contribution < 1.29 is 8.42 Å². The van der Waals surface area contributed by atoms with Gasteiger partial charge in [0.15, 0.2) is 9.84 Å². The zero-order valence-corrected chi connectivity index (χ0v) is 11.1. The van der Waals surface area contributed by atoms with Gasteiger partial charge < -0.3 is 10.3 Å². The maximum absolute atomic E-state index is 11.3. The highest BCUT2D eigenvalue weighted by atomic mass is 32.2. The molecule has 2 aromatic rings. The maximum Gasteiger partial charge on any atom is 0.175 e. The minimum Gasteiger partial charge on any atom is -0.379 e. The highest BCUT2D eigenvalue weighted by molar-refractivity contribution is 7.90. The highest BCUT2D eigenvalue weighted by Crippen LogP contribution is 2.14. The molecule has 0 bridgehead atoms. The molecule has 2 rings (SSSR count). The molecule has 2 N–H and O–H groups in total. The van der Waals surface area contributed by atoms with Gasteiger partial charge in [0.05, 0.1) is 23.5 Å². The quantitative estimate of drug-likeness (QED) is 0.883. The van der Waals surface area contributed by atoms with Gasteiger partial charge in [0.25, 0.3) is 0 Å². The van der Waals surface area contributed by atoms with Crippen LogP contribution >= 0.6 is 0 Å². The Hall–Kier alpha value is -1.82. The van der Waals surface area contributed by atoms with Crippen LogP contribution in [0.5, 0.6) is 0 Å². The van der Waals surface area contributed by atoms with Crippen LogP contribution in [0.15, 0.2) is 35.5 Å². The van der Waals surface area contributed by atoms with E-state index in [2.05, 4.69) is 15.3 Å². The third kappa shape index (κ3) is 2.89. The molecule has 0 aliphatic rings. The number of hydrogen-bond acceptors (Lipinski definition) is 4. The Morgan fingerprint density at radius 1 is 1.28 bits per heavy atom. The second-order valence-corrected chi connectivity index (χ2v) is 6.14. The van der Waals surface area contributed by atoms with Crippen LogP contribution in [0.1, 0.15) is 11.4 Å². The Balaban J connectivity index is 2.05. The minimum absolute atomic E-state index is 0.323. The number of hydrogen-bond donors (Lipinski definition) is 2. The first-order chi connectivity index (χ1) is 8.47. The average Bonchev–Trinajstić information content (AvgIpc) is 2.72. The van der Waals surface area contributed by atoms with Crippen LogP contribution in [0.3, 0.4) is 0 Å². The van der Waals surface area contributed by atoms with Gasteiger partial charge in [-0.05, 0) is 31.2 Å². The van der Waals surface area contributed by atoms with Crippen molar-refractivity contribution in [1.82, 2.24) is 9.97 Å². The van der Waals surface area contributed by atoms with Crippen LogP contribution in [0.4, 0.5) is 5.69 Å². The van der Waals surface area contributed by atoms with Gasteiger partial charge in [-0.1, -0.05) is 0 Å². The largest absolute Gasteiger partial charge is 0.379 e. The van der Waals surface area contributed by atoms with E-state index in [-0.39, 0.29) is 0 Å². The number of benzene rings is 1. The van der Waals surface area contributed by atoms with Crippen LogP contribution in [-0.2, 0) is 16.4 Å². The van der Waals surface area contributed by atoms with Crippen molar-refractivity contribution in [2.75, 3.05) is 11.6 Å². The summed E-state index contributed by atoms with van der Waals surface area (Å²) in [6.45, 7) is 2.56. The summed E-state index contributed by atoms with van der Waals surface area (Å²) in [6.07, 6.45) is 2.85. The number of nitrogens with one attached hydrogen (secondary N) is 2. The molecule has 0 atom stereocenters. The van der Waals surface area contributed by atoms with Crippen LogP contribution < -0.4 is 5.32 Å². The number of aromatic nitrogens is 2. The second-order valence-electron chi connectivity index (χ2n) is 4.12. The van der Waals surface area contributed by atoms with Crippen molar-refractivity contribution in [3.63, 3.8) is 0 Å². The van der Waals surface area contributed by atoms with Gasteiger partial charge >= 0.3 is 0 Å². The van der Waals surface area contributed by atoms with Crippen molar-refractivity contribution >= 4 is 15.5 Å². The van der Waals surface area contributed by atoms with E-state index in [9.17, 15) is 8.42 Å². The third-order valence-corrected chi connectivity index (χ3v) is 3.81. The van der Waals surface area contributed by atoms with Crippen molar-refractivity contribution in [3.8, 4) is 0 Å². The zero-order chi connectivity index (χ0) is 13.2. The molecule has 0 saturated heterocycles. The first kappa shape index (κ1) is 12.6. The fraction of sp³-hybridized carbons (Fsp3) is 0.250. The maximum atomic E-state index is 11.3. The van der Waals surface area contributed by atoms with Gasteiger partial charge in [-0.15, -0.1) is 0 Å². The number of sulfone groups is 1. The molecule has 0 saturated carbocycles. The molecule has 18 heavy (non-hydrogen) atoms. The predicted octanol–water partition coefficient (Wildman–Crippen LogP) is 1.73. The Labute approximate surface area is 106 Å². The fourth-order valence-corrected chi connectivity index (χ4v) is 2.20. The van der Waals surface area contributed by atoms with E-state index in [1.807, 2.05) is 6.92 Å². The molecular formula is C12H15N3O2S. The van der Waals surface area contributed by atoms with Crippen LogP contribution in [0.25, 0.3) is 0 Å². The number of anilines is 1. The first-order valence-electron chi connectivity index (χ1n) is 5.49. The molecule has 96 valence electrons. The number of H-pyrrole nitrogens is 1. The molecule has 0 aliphatic carbocycles. The molecule has 1 aromatic heterocycles. The van der Waals surface area contributed by atoms with Gasteiger partial charge in [-0.25, -0.2) is 13.4 Å². The summed E-state index contributed by atoms with van der Waals surface area (Å²) >= 11 is 0. The molecule has 0 amide bonds. The van der Waals surface area contributed by atoms with E-state index in [4.69, 9.17) is 0 Å². The lowest BCUT2D eigenvalue weighted by Crippen LogP contribution is -2.02. The van der Waals surface area contributed by atoms with Crippen molar-refractivity contribution in [2.45, 2.75) is 18.4 Å². The Kier molecular flexibility index (Phi) is 3.38. The lowest BCUT2D eigenvalue weighted by atomic mass is 10.3. The molecule has 1 aromatic carbocycles. The summed E-state index contributed by atoms with van der Waals surface area (Å²) in [5, 5.41) is 3.19. The van der Waals surface area contributed by atoms with E-state index in [1.165, 1.54) is 6.26 Å². The molecule has 6 heteroatoms. The number of imidazole rings is 1. The van der Waals surface area contributed by atoms with Crippen molar-refractivity contribution in [1.29, 1.82) is 0 Å². The molecule has 0 radical (unpaired) electrons. The van der Waals surface area contributed by atoms with Crippen LogP contribution in [0, 0.1) is 6.92 Å². The topological polar surface area (TPSA) is 74.8 Å². The van der Waals surface area contributed by atoms with Gasteiger partial charge in [0, 0.05) is 17.6 Å². The third-order valence-electron chi connectivity index (χ3n) is 2.68. The van der Waals surface area contributed by atoms with E-state index in [1.54, 1.807) is 30.6 Å². The SMILES string of the molecule is Cc1[nH]cnc1CNc1ccc(S(C)(=O)=O)cc1. The molecule has 0 aliphatic heterocycles. The summed E-state index contributed by atoms with van der Waals surface area (Å²) < 4.78 is 22.6. The molecule has 5 nitrogen and oxygen atoms in total. The Morgan fingerprint density at radius 3 is 2.44 bits per heavy atom. The van der Waals surface area contributed by atoms with Crippen molar-refractivity contribution in [2.24, 2.45) is 0 Å². The monoisotopic (exact) mass is 265 g/mol. The van der Waals surface area contributed by atoms with Gasteiger partial charge in [-0.3, -0.25) is 0 Å². The standard InChI is InChI=1S/C12H15N3O2S/c1-9-12(15-8-14-9)7-13-10-3-5-11(6-4-10)18(2,16)17/h3-6,8,13H,7H2,1-2H3,(H,14,15).